The number of H-pyrrole nitrogens is 1. The molecule has 194 valence electrons. The maximum atomic E-state index is 12.8. The first-order valence-electron chi connectivity index (χ1n) is 12.3. The van der Waals surface area contributed by atoms with Crippen molar-refractivity contribution in [3.63, 3.8) is 0 Å². The van der Waals surface area contributed by atoms with E-state index in [1.807, 2.05) is 39.0 Å². The molecule has 1 fully saturated rings. The number of halogens is 1. The topological polar surface area (TPSA) is 126 Å². The Balaban J connectivity index is 0.000000176. The number of nitrogens with one attached hydrogen (secondary N) is 3. The maximum Gasteiger partial charge on any atom is 0.207 e. The Hall–Kier alpha value is -4.15. The van der Waals surface area contributed by atoms with Crippen LogP contribution in [0.15, 0.2) is 42.9 Å². The summed E-state index contributed by atoms with van der Waals surface area (Å²) in [5.74, 6) is 4.01. The maximum absolute atomic E-state index is 12.8. The largest absolute Gasteiger partial charge is 0.352 e. The predicted octanol–water partition coefficient (Wildman–Crippen LogP) is 4.68. The summed E-state index contributed by atoms with van der Waals surface area (Å²) in [6.07, 6.45) is 8.30. The van der Waals surface area contributed by atoms with Crippen LogP contribution >= 0.6 is 0 Å². The van der Waals surface area contributed by atoms with Crippen molar-refractivity contribution in [1.29, 1.82) is 0 Å². The van der Waals surface area contributed by atoms with Crippen molar-refractivity contribution in [2.75, 3.05) is 5.32 Å². The Labute approximate surface area is 215 Å². The highest BCUT2D eigenvalue weighted by Gasteiger charge is 2.25. The number of anilines is 2. The first-order valence-corrected chi connectivity index (χ1v) is 12.3. The van der Waals surface area contributed by atoms with Gasteiger partial charge in [-0.1, -0.05) is 13.0 Å². The van der Waals surface area contributed by atoms with Gasteiger partial charge in [0.05, 0.1) is 18.4 Å². The van der Waals surface area contributed by atoms with Gasteiger partial charge in [-0.3, -0.25) is 9.89 Å². The van der Waals surface area contributed by atoms with Gasteiger partial charge in [0, 0.05) is 35.6 Å². The molecule has 1 amide bonds. The highest BCUT2D eigenvalue weighted by molar-refractivity contribution is 5.52. The van der Waals surface area contributed by atoms with Gasteiger partial charge in [-0.25, -0.2) is 24.0 Å². The molecule has 10 nitrogen and oxygen atoms in total. The Morgan fingerprint density at radius 1 is 1.16 bits per heavy atom. The molecule has 0 aliphatic heterocycles. The van der Waals surface area contributed by atoms with E-state index in [-0.39, 0.29) is 6.04 Å². The molecule has 1 saturated carbocycles. The number of pyridine rings is 1. The van der Waals surface area contributed by atoms with Gasteiger partial charge < -0.3 is 10.6 Å². The van der Waals surface area contributed by atoms with Crippen LogP contribution in [0.4, 0.5) is 16.0 Å². The fraction of sp³-hybridized carbons (Fsp3) is 0.385. The first kappa shape index (κ1) is 25.9. The number of rotatable bonds is 7. The van der Waals surface area contributed by atoms with Crippen molar-refractivity contribution in [3.05, 3.63) is 71.4 Å². The molecule has 3 unspecified atom stereocenters. The summed E-state index contributed by atoms with van der Waals surface area (Å²) in [7, 11) is 0. The Bertz CT molecular complexity index is 1320. The molecule has 1 aliphatic carbocycles. The van der Waals surface area contributed by atoms with Gasteiger partial charge in [0.1, 0.15) is 11.6 Å². The smallest absolute Gasteiger partial charge is 0.207 e. The van der Waals surface area contributed by atoms with Crippen LogP contribution in [0.25, 0.3) is 5.82 Å². The normalized spacial score (nSPS) is 17.5. The van der Waals surface area contributed by atoms with E-state index in [1.54, 1.807) is 12.3 Å². The third kappa shape index (κ3) is 6.96. The van der Waals surface area contributed by atoms with E-state index in [9.17, 15) is 9.18 Å². The minimum Gasteiger partial charge on any atom is -0.352 e. The van der Waals surface area contributed by atoms with Crippen LogP contribution < -0.4 is 10.6 Å². The zero-order valence-electron chi connectivity index (χ0n) is 21.4. The third-order valence-electron chi connectivity index (χ3n) is 6.27. The molecule has 37 heavy (non-hydrogen) atoms. The second kappa shape index (κ2) is 11.7. The van der Waals surface area contributed by atoms with Gasteiger partial charge in [-0.05, 0) is 57.6 Å². The molecular weight excluding hydrogens is 473 g/mol. The summed E-state index contributed by atoms with van der Waals surface area (Å²) in [4.78, 5) is 23.7. The first-order chi connectivity index (χ1) is 17.8. The number of aromatic amines is 1. The van der Waals surface area contributed by atoms with Gasteiger partial charge >= 0.3 is 0 Å². The lowest BCUT2D eigenvalue weighted by molar-refractivity contribution is -0.110. The minimum atomic E-state index is -0.410. The molecule has 0 spiro atoms. The van der Waals surface area contributed by atoms with E-state index < -0.39 is 5.82 Å². The van der Waals surface area contributed by atoms with Gasteiger partial charge in [0.15, 0.2) is 17.5 Å². The lowest BCUT2D eigenvalue weighted by Crippen LogP contribution is -2.16. The quantitative estimate of drug-likeness (QED) is 0.311. The van der Waals surface area contributed by atoms with Crippen molar-refractivity contribution >= 4 is 18.0 Å². The van der Waals surface area contributed by atoms with Crippen LogP contribution in [0.1, 0.15) is 67.8 Å². The predicted molar refractivity (Wildman–Crippen MR) is 138 cm³/mol. The van der Waals surface area contributed by atoms with E-state index >= 15 is 0 Å². The van der Waals surface area contributed by atoms with Crippen molar-refractivity contribution in [1.82, 2.24) is 40.2 Å². The Morgan fingerprint density at radius 3 is 2.59 bits per heavy atom. The molecule has 1 aliphatic rings. The van der Waals surface area contributed by atoms with Crippen LogP contribution in [0.3, 0.4) is 0 Å². The standard InChI is InChI=1S/C15H21N5.C11H11FN4O/c1-9-4-5-12(6-9)15-16-10(2)7-13(18-15)17-14-8-11(3)19-20-14;1-8(14-7-17)9-2-3-11(13-4-9)16-6-10(12)5-15-16/h7-9,12H,4-6H2,1-3H3,(H2,16,17,18,19,20);2-8H,1H3,(H,14,17). The number of hydrogen-bond acceptors (Lipinski definition) is 7. The van der Waals surface area contributed by atoms with E-state index in [1.165, 1.54) is 30.1 Å². The van der Waals surface area contributed by atoms with Crippen LogP contribution in [0.2, 0.25) is 0 Å². The molecule has 0 aromatic carbocycles. The molecule has 0 saturated heterocycles. The second-order valence-electron chi connectivity index (χ2n) is 9.49. The lowest BCUT2D eigenvalue weighted by Gasteiger charge is -2.11. The van der Waals surface area contributed by atoms with E-state index in [0.717, 1.165) is 46.5 Å². The number of hydrogen-bond donors (Lipinski definition) is 3. The number of aromatic nitrogens is 7. The molecule has 4 aromatic heterocycles. The van der Waals surface area contributed by atoms with Crippen molar-refractivity contribution in [2.45, 2.75) is 58.9 Å². The van der Waals surface area contributed by atoms with Gasteiger partial charge in [-0.15, -0.1) is 0 Å². The van der Waals surface area contributed by atoms with Crippen LogP contribution in [0, 0.1) is 25.6 Å². The van der Waals surface area contributed by atoms with Crippen LogP contribution in [-0.4, -0.2) is 41.3 Å². The van der Waals surface area contributed by atoms with Crippen molar-refractivity contribution in [2.24, 2.45) is 5.92 Å². The molecule has 5 rings (SSSR count). The zero-order valence-corrected chi connectivity index (χ0v) is 21.4. The molecule has 4 heterocycles. The number of carbonyl (C=O) groups excluding carboxylic acids is 1. The molecule has 0 bridgehead atoms. The van der Waals surface area contributed by atoms with Gasteiger partial charge in [0.25, 0.3) is 0 Å². The number of amides is 1. The average Bonchev–Trinajstić information content (AvgIpc) is 3.61. The summed E-state index contributed by atoms with van der Waals surface area (Å²) in [6, 6.07) is 7.34. The van der Waals surface area contributed by atoms with E-state index in [2.05, 4.69) is 47.8 Å². The SMILES string of the molecule is CC(NC=O)c1ccc(-n2cc(F)cn2)nc1.Cc1cc(Nc2cc(C)[nH]n2)nc(C2CCC(C)C2)n1. The lowest BCUT2D eigenvalue weighted by atomic mass is 10.1. The fourth-order valence-corrected chi connectivity index (χ4v) is 4.31. The Morgan fingerprint density at radius 2 is 2.00 bits per heavy atom. The van der Waals surface area contributed by atoms with E-state index in [4.69, 9.17) is 0 Å². The third-order valence-corrected chi connectivity index (χ3v) is 6.27. The fourth-order valence-electron chi connectivity index (χ4n) is 4.31. The molecule has 0 radical (unpaired) electrons. The minimum absolute atomic E-state index is 0.108. The number of nitrogens with zero attached hydrogens (tertiary/aromatic N) is 6. The van der Waals surface area contributed by atoms with Crippen molar-refractivity contribution < 1.29 is 9.18 Å². The molecule has 3 N–H and O–H groups in total. The zero-order chi connectivity index (χ0) is 26.4. The summed E-state index contributed by atoms with van der Waals surface area (Å²) in [5, 5.41) is 16.8. The van der Waals surface area contributed by atoms with Crippen molar-refractivity contribution in [3.8, 4) is 5.82 Å². The molecule has 3 atom stereocenters. The Kier molecular flexibility index (Phi) is 8.22. The molecule has 4 aromatic rings. The molecular formula is C26H32FN9O. The highest BCUT2D eigenvalue weighted by atomic mass is 19.1. The van der Waals surface area contributed by atoms with Gasteiger partial charge in [-0.2, -0.15) is 10.2 Å². The number of aryl methyl sites for hydroxylation is 2. The highest BCUT2D eigenvalue weighted by Crippen LogP contribution is 2.36. The summed E-state index contributed by atoms with van der Waals surface area (Å²) in [6.45, 7) is 8.15. The summed E-state index contributed by atoms with van der Waals surface area (Å²) in [5.41, 5.74) is 2.90. The van der Waals surface area contributed by atoms with Crippen LogP contribution in [0.5, 0.6) is 0 Å². The number of carbonyl (C=O) groups is 1. The van der Waals surface area contributed by atoms with Crippen LogP contribution in [-0.2, 0) is 4.79 Å². The van der Waals surface area contributed by atoms with Gasteiger partial charge in [0.2, 0.25) is 6.41 Å². The summed E-state index contributed by atoms with van der Waals surface area (Å²) >= 11 is 0. The molecule has 11 heteroatoms. The second-order valence-corrected chi connectivity index (χ2v) is 9.49. The monoisotopic (exact) mass is 505 g/mol. The van der Waals surface area contributed by atoms with E-state index in [0.29, 0.717) is 18.1 Å². The average molecular weight is 506 g/mol. The summed E-state index contributed by atoms with van der Waals surface area (Å²) < 4.78 is 14.1.